The Morgan fingerprint density at radius 2 is 1.87 bits per heavy atom. The molecule has 90 valence electrons. The minimum Gasteiger partial charge on any atom is -0.339 e. The summed E-state index contributed by atoms with van der Waals surface area (Å²) in [6.45, 7) is 6.12. The average molecular weight is 257 g/mol. The van der Waals surface area contributed by atoms with Gasteiger partial charge in [-0.15, -0.1) is 0 Å². The van der Waals surface area contributed by atoms with Gasteiger partial charge in [-0.3, -0.25) is 4.57 Å². The van der Waals surface area contributed by atoms with E-state index in [0.717, 1.165) is 12.8 Å². The molecule has 0 saturated carbocycles. The molecule has 0 amide bonds. The zero-order valence-corrected chi connectivity index (χ0v) is 11.0. The molecule has 0 spiro atoms. The lowest BCUT2D eigenvalue weighted by atomic mass is 10.3. The summed E-state index contributed by atoms with van der Waals surface area (Å²) in [5.74, 6) is 0. The molecule has 0 radical (unpaired) electrons. The maximum Gasteiger partial charge on any atom is 0.380 e. The predicted molar refractivity (Wildman–Crippen MR) is 59.2 cm³/mol. The Kier molecular flexibility index (Phi) is 4.63. The minimum atomic E-state index is -3.33. The summed E-state index contributed by atoms with van der Waals surface area (Å²) in [4.78, 5) is -1.24. The molecule has 2 atom stereocenters. The number of hydrogen-bond acceptors (Lipinski definition) is 4. The molecular weight excluding hydrogens is 239 g/mol. The Morgan fingerprint density at radius 1 is 1.33 bits per heavy atom. The molecular formula is C9H18ClO4P. The largest absolute Gasteiger partial charge is 0.380 e. The fraction of sp³-hybridized carbons (Fsp3) is 1.00. The Balaban J connectivity index is 2.69. The number of ether oxygens (including phenoxy) is 1. The maximum absolute atomic E-state index is 12.3. The number of alkyl halides is 1. The highest BCUT2D eigenvalue weighted by molar-refractivity contribution is 7.58. The zero-order chi connectivity index (χ0) is 11.5. The van der Waals surface area contributed by atoms with Gasteiger partial charge in [0.1, 0.15) is 6.10 Å². The molecule has 4 nitrogen and oxygen atoms in total. The highest BCUT2D eigenvalue weighted by Gasteiger charge is 2.69. The summed E-state index contributed by atoms with van der Waals surface area (Å²) >= 11 is 6.12. The van der Waals surface area contributed by atoms with Crippen molar-refractivity contribution in [1.29, 1.82) is 0 Å². The van der Waals surface area contributed by atoms with E-state index in [2.05, 4.69) is 0 Å². The highest BCUT2D eigenvalue weighted by Crippen LogP contribution is 2.72. The van der Waals surface area contributed by atoms with E-state index < -0.39 is 12.4 Å². The van der Waals surface area contributed by atoms with Crippen LogP contribution in [-0.2, 0) is 18.3 Å². The van der Waals surface area contributed by atoms with E-state index in [1.807, 2.05) is 6.92 Å². The second-order valence-electron chi connectivity index (χ2n) is 3.34. The van der Waals surface area contributed by atoms with Crippen LogP contribution >= 0.6 is 19.2 Å². The predicted octanol–water partition coefficient (Wildman–Crippen LogP) is 3.34. The van der Waals surface area contributed by atoms with Crippen LogP contribution in [0.1, 0.15) is 33.6 Å². The van der Waals surface area contributed by atoms with Gasteiger partial charge in [0.05, 0.1) is 13.2 Å². The third-order valence-corrected chi connectivity index (χ3v) is 5.46. The molecule has 0 bridgehead atoms. The van der Waals surface area contributed by atoms with Gasteiger partial charge in [0.2, 0.25) is 0 Å². The van der Waals surface area contributed by atoms with E-state index in [4.69, 9.17) is 25.4 Å². The molecule has 0 unspecified atom stereocenters. The van der Waals surface area contributed by atoms with Gasteiger partial charge in [0, 0.05) is 0 Å². The van der Waals surface area contributed by atoms with Crippen LogP contribution in [0.2, 0.25) is 0 Å². The van der Waals surface area contributed by atoms with Crippen molar-refractivity contribution in [2.45, 2.75) is 44.5 Å². The molecule has 6 heteroatoms. The first-order chi connectivity index (χ1) is 7.04. The lowest BCUT2D eigenvalue weighted by molar-refractivity contribution is 0.202. The van der Waals surface area contributed by atoms with E-state index in [-0.39, 0.29) is 6.10 Å². The summed E-state index contributed by atoms with van der Waals surface area (Å²) < 4.78 is 27.8. The Hall–Kier alpha value is 0.400. The van der Waals surface area contributed by atoms with Crippen molar-refractivity contribution in [3.63, 3.8) is 0 Å². The quantitative estimate of drug-likeness (QED) is 0.398. The monoisotopic (exact) mass is 256 g/mol. The van der Waals surface area contributed by atoms with Gasteiger partial charge >= 0.3 is 7.60 Å². The van der Waals surface area contributed by atoms with Crippen molar-refractivity contribution in [1.82, 2.24) is 0 Å². The van der Waals surface area contributed by atoms with Crippen molar-refractivity contribution in [3.05, 3.63) is 0 Å². The highest BCUT2D eigenvalue weighted by atomic mass is 35.5. The normalized spacial score (nSPS) is 30.5. The van der Waals surface area contributed by atoms with Gasteiger partial charge in [-0.25, -0.2) is 0 Å². The Morgan fingerprint density at radius 3 is 2.27 bits per heavy atom. The smallest absolute Gasteiger partial charge is 0.339 e. The third-order valence-electron chi connectivity index (χ3n) is 2.17. The van der Waals surface area contributed by atoms with Crippen molar-refractivity contribution in [2.75, 3.05) is 13.2 Å². The molecule has 1 aliphatic heterocycles. The van der Waals surface area contributed by atoms with Crippen LogP contribution in [0.15, 0.2) is 0 Å². The van der Waals surface area contributed by atoms with Crippen LogP contribution in [0.4, 0.5) is 0 Å². The maximum atomic E-state index is 12.3. The second-order valence-corrected chi connectivity index (χ2v) is 6.34. The molecule has 0 aromatic rings. The zero-order valence-electron chi connectivity index (χ0n) is 9.36. The molecule has 1 saturated heterocycles. The minimum absolute atomic E-state index is 0.215. The van der Waals surface area contributed by atoms with Crippen LogP contribution in [0.3, 0.4) is 0 Å². The van der Waals surface area contributed by atoms with E-state index in [1.54, 1.807) is 13.8 Å². The van der Waals surface area contributed by atoms with Gasteiger partial charge in [-0.1, -0.05) is 24.9 Å². The van der Waals surface area contributed by atoms with Crippen LogP contribution in [0, 0.1) is 0 Å². The van der Waals surface area contributed by atoms with Crippen LogP contribution in [-0.4, -0.2) is 24.1 Å². The first kappa shape index (κ1) is 13.5. The first-order valence-corrected chi connectivity index (χ1v) is 7.22. The molecule has 15 heavy (non-hydrogen) atoms. The first-order valence-electron chi connectivity index (χ1n) is 5.30. The molecule has 0 N–H and O–H groups in total. The second kappa shape index (κ2) is 5.15. The van der Waals surface area contributed by atoms with Gasteiger partial charge in [-0.2, -0.15) is 0 Å². The summed E-state index contributed by atoms with van der Waals surface area (Å²) in [6.07, 6.45) is 1.48. The third kappa shape index (κ3) is 2.56. The summed E-state index contributed by atoms with van der Waals surface area (Å²) in [5.41, 5.74) is 0. The van der Waals surface area contributed by atoms with Gasteiger partial charge in [0.15, 0.2) is 0 Å². The number of halogens is 1. The SMILES string of the molecule is CCC[C@@H]1O[C@@]1(Cl)P(=O)(OCC)OCC. The fourth-order valence-corrected chi connectivity index (χ4v) is 3.81. The topological polar surface area (TPSA) is 48.1 Å². The lowest BCUT2D eigenvalue weighted by Gasteiger charge is -2.19. The van der Waals surface area contributed by atoms with E-state index in [9.17, 15) is 4.57 Å². The van der Waals surface area contributed by atoms with E-state index in [1.165, 1.54) is 0 Å². The standard InChI is InChI=1S/C9H18ClO4P/c1-4-7-8-9(10,14-8)15(11,12-5-2)13-6-3/h8H,4-7H2,1-3H3/t8-,9+/m0/s1. The van der Waals surface area contributed by atoms with Gasteiger partial charge < -0.3 is 13.8 Å². The van der Waals surface area contributed by atoms with Crippen LogP contribution in [0.5, 0.6) is 0 Å². The molecule has 0 aliphatic carbocycles. The molecule has 1 rings (SSSR count). The summed E-state index contributed by atoms with van der Waals surface area (Å²) in [7, 11) is -3.33. The van der Waals surface area contributed by atoms with Crippen molar-refractivity contribution in [3.8, 4) is 0 Å². The van der Waals surface area contributed by atoms with Gasteiger partial charge in [-0.05, 0) is 20.3 Å². The summed E-state index contributed by atoms with van der Waals surface area (Å²) in [6, 6.07) is 0. The van der Waals surface area contributed by atoms with Crippen molar-refractivity contribution in [2.24, 2.45) is 0 Å². The molecule has 1 aliphatic rings. The van der Waals surface area contributed by atoms with E-state index >= 15 is 0 Å². The van der Waals surface area contributed by atoms with Crippen LogP contribution in [0.25, 0.3) is 0 Å². The molecule has 0 aromatic heterocycles. The van der Waals surface area contributed by atoms with Gasteiger partial charge in [0.25, 0.3) is 4.80 Å². The molecule has 1 heterocycles. The molecule has 0 aromatic carbocycles. The van der Waals surface area contributed by atoms with E-state index in [0.29, 0.717) is 13.2 Å². The summed E-state index contributed by atoms with van der Waals surface area (Å²) in [5, 5.41) is 0. The average Bonchev–Trinajstić information content (AvgIpc) is 2.80. The Labute approximate surface area is 95.8 Å². The number of epoxide rings is 1. The van der Waals surface area contributed by atoms with Crippen LogP contribution < -0.4 is 0 Å². The number of rotatable bonds is 7. The fourth-order valence-electron chi connectivity index (χ4n) is 1.46. The molecule has 1 fully saturated rings. The number of hydrogen-bond donors (Lipinski definition) is 0. The Bertz CT molecular complexity index is 250. The lowest BCUT2D eigenvalue weighted by Crippen LogP contribution is -2.13. The van der Waals surface area contributed by atoms with Crippen molar-refractivity contribution >= 4 is 19.2 Å². The van der Waals surface area contributed by atoms with Crippen molar-refractivity contribution < 1.29 is 18.3 Å².